The van der Waals surface area contributed by atoms with Crippen molar-refractivity contribution < 1.29 is 9.47 Å². The minimum Gasteiger partial charge on any atom is -0.360 e. The van der Waals surface area contributed by atoms with Crippen molar-refractivity contribution in [2.45, 2.75) is 37.6 Å². The van der Waals surface area contributed by atoms with Crippen LogP contribution in [0.3, 0.4) is 0 Å². The number of rotatable bonds is 6. The maximum Gasteiger partial charge on any atom is 0.136 e. The Hall–Kier alpha value is -0.123. The van der Waals surface area contributed by atoms with Gasteiger partial charge >= 0.3 is 0 Å². The first-order chi connectivity index (χ1) is 7.21. The fourth-order valence-electron chi connectivity index (χ4n) is 2.30. The van der Waals surface area contributed by atoms with Gasteiger partial charge in [-0.1, -0.05) is 13.0 Å². The molecule has 15 heavy (non-hydrogen) atoms. The van der Waals surface area contributed by atoms with E-state index < -0.39 is 0 Å². The van der Waals surface area contributed by atoms with E-state index in [9.17, 15) is 0 Å². The largest absolute Gasteiger partial charge is 0.360 e. The summed E-state index contributed by atoms with van der Waals surface area (Å²) in [6.45, 7) is 6.20. The average Bonchev–Trinajstić information content (AvgIpc) is 2.74. The van der Waals surface area contributed by atoms with Crippen LogP contribution in [0.1, 0.15) is 26.2 Å². The molecule has 3 heteroatoms. The predicted molar refractivity (Wildman–Crippen MR) is 64.0 cm³/mol. The Morgan fingerprint density at radius 2 is 2.00 bits per heavy atom. The summed E-state index contributed by atoms with van der Waals surface area (Å²) in [6.07, 6.45) is 6.07. The van der Waals surface area contributed by atoms with Gasteiger partial charge in [-0.15, -0.1) is 6.58 Å². The van der Waals surface area contributed by atoms with Crippen LogP contribution >= 0.6 is 0 Å². The Kier molecular flexibility index (Phi) is 5.57. The van der Waals surface area contributed by atoms with Gasteiger partial charge in [0.25, 0.3) is 0 Å². The molecule has 1 aliphatic carbocycles. The molecule has 0 spiro atoms. The standard InChI is InChI=1S/C12H22O2Si/c1-5-10-6-7-11(8-10)9(2)15-12(13-3)14-4/h5,9-12H,1,6-8H2,2-4H3. The third-order valence-corrected chi connectivity index (χ3v) is 5.12. The summed E-state index contributed by atoms with van der Waals surface area (Å²) in [4.78, 5) is 0. The van der Waals surface area contributed by atoms with E-state index in [1.54, 1.807) is 14.2 Å². The van der Waals surface area contributed by atoms with Gasteiger partial charge in [-0.25, -0.2) is 0 Å². The van der Waals surface area contributed by atoms with Gasteiger partial charge in [0.1, 0.15) is 15.4 Å². The first-order valence-electron chi connectivity index (χ1n) is 5.65. The Labute approximate surface area is 95.9 Å². The van der Waals surface area contributed by atoms with E-state index in [0.717, 1.165) is 21.4 Å². The van der Waals surface area contributed by atoms with Gasteiger partial charge in [-0.2, -0.15) is 0 Å². The second-order valence-electron chi connectivity index (χ2n) is 4.33. The number of ether oxygens (including phenoxy) is 2. The van der Waals surface area contributed by atoms with Gasteiger partial charge in [0, 0.05) is 14.2 Å². The maximum atomic E-state index is 5.25. The number of hydrogen-bond donors (Lipinski definition) is 0. The average molecular weight is 226 g/mol. The summed E-state index contributed by atoms with van der Waals surface area (Å²) in [5.41, 5.74) is 0.708. The molecule has 1 fully saturated rings. The van der Waals surface area contributed by atoms with Gasteiger partial charge in [-0.05, 0) is 36.6 Å². The smallest absolute Gasteiger partial charge is 0.136 e. The molecule has 2 radical (unpaired) electrons. The minimum absolute atomic E-state index is 0.0113. The summed E-state index contributed by atoms with van der Waals surface area (Å²) in [6, 6.07) is 0. The molecule has 1 saturated carbocycles. The Morgan fingerprint density at radius 3 is 2.47 bits per heavy atom. The van der Waals surface area contributed by atoms with Gasteiger partial charge in [-0.3, -0.25) is 0 Å². The summed E-state index contributed by atoms with van der Waals surface area (Å²) in [7, 11) is 4.18. The van der Waals surface area contributed by atoms with Crippen molar-refractivity contribution in [3.63, 3.8) is 0 Å². The van der Waals surface area contributed by atoms with Crippen molar-refractivity contribution in [3.05, 3.63) is 12.7 Å². The summed E-state index contributed by atoms with van der Waals surface area (Å²) >= 11 is 0. The predicted octanol–water partition coefficient (Wildman–Crippen LogP) is 2.68. The lowest BCUT2D eigenvalue weighted by atomic mass is 10.0. The van der Waals surface area contributed by atoms with Crippen molar-refractivity contribution in [3.8, 4) is 0 Å². The van der Waals surface area contributed by atoms with E-state index in [1.165, 1.54) is 19.3 Å². The van der Waals surface area contributed by atoms with Gasteiger partial charge in [0.2, 0.25) is 0 Å². The summed E-state index contributed by atoms with van der Waals surface area (Å²) in [5, 5.41) is 0. The molecule has 0 heterocycles. The van der Waals surface area contributed by atoms with Crippen molar-refractivity contribution in [2.75, 3.05) is 14.2 Å². The third kappa shape index (κ3) is 3.74. The molecule has 3 atom stereocenters. The van der Waals surface area contributed by atoms with Crippen LogP contribution in [-0.4, -0.2) is 29.7 Å². The molecule has 2 nitrogen and oxygen atoms in total. The topological polar surface area (TPSA) is 18.5 Å². The van der Waals surface area contributed by atoms with Crippen molar-refractivity contribution >= 4 is 9.52 Å². The van der Waals surface area contributed by atoms with Crippen LogP contribution in [0.25, 0.3) is 0 Å². The third-order valence-electron chi connectivity index (χ3n) is 3.38. The summed E-state index contributed by atoms with van der Waals surface area (Å²) < 4.78 is 10.5. The van der Waals surface area contributed by atoms with Crippen LogP contribution in [0.2, 0.25) is 5.54 Å². The molecule has 86 valence electrons. The highest BCUT2D eigenvalue weighted by Crippen LogP contribution is 2.38. The highest BCUT2D eigenvalue weighted by molar-refractivity contribution is 6.38. The molecular weight excluding hydrogens is 204 g/mol. The first-order valence-corrected chi connectivity index (χ1v) is 6.81. The molecule has 0 aliphatic heterocycles. The molecule has 0 aromatic carbocycles. The SMILES string of the molecule is C=CC1CCC(C(C)[Si]C(OC)OC)C1. The molecule has 1 aliphatic rings. The van der Waals surface area contributed by atoms with Crippen LogP contribution in [0.5, 0.6) is 0 Å². The van der Waals surface area contributed by atoms with Crippen LogP contribution in [0, 0.1) is 11.8 Å². The molecule has 0 aromatic rings. The van der Waals surface area contributed by atoms with Gasteiger partial charge < -0.3 is 9.47 Å². The van der Waals surface area contributed by atoms with E-state index in [0.29, 0.717) is 5.54 Å². The highest BCUT2D eigenvalue weighted by atomic mass is 28.2. The van der Waals surface area contributed by atoms with Crippen molar-refractivity contribution in [2.24, 2.45) is 11.8 Å². The van der Waals surface area contributed by atoms with E-state index in [-0.39, 0.29) is 5.91 Å². The molecule has 1 rings (SSSR count). The quantitative estimate of drug-likeness (QED) is 0.394. The van der Waals surface area contributed by atoms with E-state index in [2.05, 4.69) is 19.6 Å². The number of hydrogen-bond acceptors (Lipinski definition) is 2. The lowest BCUT2D eigenvalue weighted by molar-refractivity contribution is -0.0451. The van der Waals surface area contributed by atoms with E-state index in [1.807, 2.05) is 0 Å². The zero-order valence-electron chi connectivity index (χ0n) is 10.0. The van der Waals surface area contributed by atoms with E-state index >= 15 is 0 Å². The molecule has 0 N–H and O–H groups in total. The van der Waals surface area contributed by atoms with Gasteiger partial charge in [0.15, 0.2) is 0 Å². The molecule has 3 unspecified atom stereocenters. The molecular formula is C12H22O2Si. The second-order valence-corrected chi connectivity index (χ2v) is 6.04. The number of methoxy groups -OCH3 is 2. The Balaban J connectivity index is 2.34. The van der Waals surface area contributed by atoms with Crippen molar-refractivity contribution in [1.82, 2.24) is 0 Å². The zero-order chi connectivity index (χ0) is 11.3. The van der Waals surface area contributed by atoms with Crippen LogP contribution in [0.15, 0.2) is 12.7 Å². The molecule has 0 bridgehead atoms. The molecule has 0 saturated heterocycles. The first kappa shape index (κ1) is 12.9. The molecule has 0 amide bonds. The molecule has 0 aromatic heterocycles. The Bertz CT molecular complexity index is 192. The second kappa shape index (κ2) is 6.46. The van der Waals surface area contributed by atoms with Crippen LogP contribution in [0.4, 0.5) is 0 Å². The van der Waals surface area contributed by atoms with Crippen LogP contribution in [-0.2, 0) is 9.47 Å². The van der Waals surface area contributed by atoms with Crippen molar-refractivity contribution in [1.29, 1.82) is 0 Å². The normalized spacial score (nSPS) is 28.3. The monoisotopic (exact) mass is 226 g/mol. The number of allylic oxidation sites excluding steroid dienone is 1. The van der Waals surface area contributed by atoms with E-state index in [4.69, 9.17) is 9.47 Å². The van der Waals surface area contributed by atoms with Crippen LogP contribution < -0.4 is 0 Å². The maximum absolute atomic E-state index is 5.25. The minimum atomic E-state index is -0.0113. The Morgan fingerprint density at radius 1 is 1.33 bits per heavy atom. The summed E-state index contributed by atoms with van der Waals surface area (Å²) in [5.74, 6) is 1.56. The highest BCUT2D eigenvalue weighted by Gasteiger charge is 2.29. The fourth-order valence-corrected chi connectivity index (χ4v) is 3.58. The lowest BCUT2D eigenvalue weighted by Crippen LogP contribution is -2.27. The zero-order valence-corrected chi connectivity index (χ0v) is 11.0. The lowest BCUT2D eigenvalue weighted by Gasteiger charge is -2.22. The van der Waals surface area contributed by atoms with Gasteiger partial charge in [0.05, 0.1) is 0 Å². The fraction of sp³-hybridized carbons (Fsp3) is 0.833.